The van der Waals surface area contributed by atoms with Crippen molar-refractivity contribution in [2.75, 3.05) is 40.4 Å². The first-order valence-electron chi connectivity index (χ1n) is 12.6. The lowest BCUT2D eigenvalue weighted by molar-refractivity contribution is -0.140. The first-order valence-corrected chi connectivity index (χ1v) is 12.6. The average molecular weight is 526 g/mol. The van der Waals surface area contributed by atoms with E-state index >= 15 is 0 Å². The predicted molar refractivity (Wildman–Crippen MR) is 141 cm³/mol. The van der Waals surface area contributed by atoms with Crippen molar-refractivity contribution in [3.8, 4) is 0 Å². The molecule has 1 atom stereocenters. The minimum atomic E-state index is -0.881. The van der Waals surface area contributed by atoms with Gasteiger partial charge in [0.1, 0.15) is 11.5 Å². The maximum absolute atomic E-state index is 13.4. The van der Waals surface area contributed by atoms with Crippen LogP contribution in [0.2, 0.25) is 0 Å². The number of aromatic nitrogens is 1. The van der Waals surface area contributed by atoms with E-state index in [2.05, 4.69) is 23.7 Å². The molecule has 10 nitrogen and oxygen atoms in total. The summed E-state index contributed by atoms with van der Waals surface area (Å²) in [6, 6.07) is 5.52. The lowest BCUT2D eigenvalue weighted by Gasteiger charge is -2.27. The van der Waals surface area contributed by atoms with Crippen molar-refractivity contribution in [1.29, 1.82) is 0 Å². The number of benzene rings is 1. The Morgan fingerprint density at radius 2 is 1.63 bits per heavy atom. The van der Waals surface area contributed by atoms with Crippen LogP contribution in [0.3, 0.4) is 0 Å². The zero-order chi connectivity index (χ0) is 28.1. The minimum absolute atomic E-state index is 0.0785. The van der Waals surface area contributed by atoms with E-state index in [4.69, 9.17) is 9.47 Å². The van der Waals surface area contributed by atoms with E-state index in [1.165, 1.54) is 19.1 Å². The highest BCUT2D eigenvalue weighted by Crippen LogP contribution is 2.41. The van der Waals surface area contributed by atoms with Gasteiger partial charge in [-0.25, -0.2) is 9.59 Å². The molecule has 1 aliphatic heterocycles. The minimum Gasteiger partial charge on any atom is -0.507 e. The third-order valence-corrected chi connectivity index (χ3v) is 7.02. The molecule has 0 saturated carbocycles. The number of Topliss-reactive ketones (excluding diaryl/α,β-unsaturated/α-hetero) is 1. The Morgan fingerprint density at radius 3 is 2.18 bits per heavy atom. The standard InChI is InChI=1S/C28H35N3O7/c1-7-30(8-2)14-9-15-31-23(18-10-12-19(13-11-18)27(35)37-5)21(25(33)26(31)34)24(32)20-16(3)22(28(36)38-6)29-17(20)4/h10-13,23,29,32H,7-9,14-15H2,1-6H3/t23-/m0/s1. The number of amides is 1. The van der Waals surface area contributed by atoms with Crippen molar-refractivity contribution >= 4 is 29.4 Å². The summed E-state index contributed by atoms with van der Waals surface area (Å²) in [6.45, 7) is 10.2. The van der Waals surface area contributed by atoms with Gasteiger partial charge in [0.25, 0.3) is 11.7 Å². The molecule has 0 bridgehead atoms. The molecule has 3 rings (SSSR count). The number of aryl methyl sites for hydroxylation is 1. The van der Waals surface area contributed by atoms with Crippen LogP contribution in [0, 0.1) is 13.8 Å². The van der Waals surface area contributed by atoms with Crippen LogP contribution < -0.4 is 0 Å². The number of ketones is 1. The van der Waals surface area contributed by atoms with Gasteiger partial charge in [-0.3, -0.25) is 9.59 Å². The second-order valence-electron chi connectivity index (χ2n) is 9.10. The number of carbonyl (C=O) groups excluding carboxylic acids is 4. The number of esters is 2. The number of hydrogen-bond donors (Lipinski definition) is 2. The summed E-state index contributed by atoms with van der Waals surface area (Å²) in [5, 5.41) is 11.5. The zero-order valence-electron chi connectivity index (χ0n) is 22.7. The molecule has 2 heterocycles. The first kappa shape index (κ1) is 28.6. The Bertz CT molecular complexity index is 1260. The molecule has 2 aromatic rings. The van der Waals surface area contributed by atoms with Crippen LogP contribution in [0.15, 0.2) is 29.8 Å². The van der Waals surface area contributed by atoms with Crippen LogP contribution in [0.4, 0.5) is 0 Å². The molecule has 0 aliphatic carbocycles. The van der Waals surface area contributed by atoms with Crippen LogP contribution in [-0.4, -0.2) is 83.9 Å². The topological polar surface area (TPSA) is 129 Å². The third-order valence-electron chi connectivity index (χ3n) is 7.02. The van der Waals surface area contributed by atoms with Crippen LogP contribution in [-0.2, 0) is 19.1 Å². The van der Waals surface area contributed by atoms with Crippen LogP contribution in [0.5, 0.6) is 0 Å². The maximum atomic E-state index is 13.4. The number of aliphatic hydroxyl groups is 1. The SMILES string of the molecule is CCN(CC)CCCN1C(=O)C(=O)C(=C(O)c2c(C)[nH]c(C(=O)OC)c2C)[C@@H]1c1ccc(C(=O)OC)cc1. The lowest BCUT2D eigenvalue weighted by atomic mass is 9.93. The first-order chi connectivity index (χ1) is 18.1. The molecule has 1 fully saturated rings. The molecule has 0 unspecified atom stereocenters. The molecule has 1 amide bonds. The van der Waals surface area contributed by atoms with Gasteiger partial charge in [0.05, 0.1) is 31.4 Å². The third kappa shape index (κ3) is 5.35. The number of nitrogens with one attached hydrogen (secondary N) is 1. The van der Waals surface area contributed by atoms with E-state index in [0.717, 1.165) is 19.6 Å². The molecule has 0 spiro atoms. The fourth-order valence-corrected chi connectivity index (χ4v) is 4.93. The number of H-pyrrole nitrogens is 1. The van der Waals surface area contributed by atoms with Crippen molar-refractivity contribution in [2.24, 2.45) is 0 Å². The summed E-state index contributed by atoms with van der Waals surface area (Å²) in [5.41, 5.74) is 2.06. The fourth-order valence-electron chi connectivity index (χ4n) is 4.93. The van der Waals surface area contributed by atoms with Gasteiger partial charge in [-0.05, 0) is 63.2 Å². The number of methoxy groups -OCH3 is 2. The molecule has 2 N–H and O–H groups in total. The van der Waals surface area contributed by atoms with Crippen molar-refractivity contribution in [3.63, 3.8) is 0 Å². The fraction of sp³-hybridized carbons (Fsp3) is 0.429. The summed E-state index contributed by atoms with van der Waals surface area (Å²) >= 11 is 0. The summed E-state index contributed by atoms with van der Waals surface area (Å²) in [4.78, 5) is 57.4. The summed E-state index contributed by atoms with van der Waals surface area (Å²) in [7, 11) is 2.53. The number of hydrogen-bond acceptors (Lipinski definition) is 8. The van der Waals surface area contributed by atoms with Gasteiger partial charge in [0.15, 0.2) is 0 Å². The van der Waals surface area contributed by atoms with Crippen LogP contribution in [0.25, 0.3) is 5.76 Å². The Labute approximate surface area is 222 Å². The molecule has 1 aromatic heterocycles. The second kappa shape index (κ2) is 12.1. The van der Waals surface area contributed by atoms with Gasteiger partial charge >= 0.3 is 11.9 Å². The number of aliphatic hydroxyl groups excluding tert-OH is 1. The van der Waals surface area contributed by atoms with Crippen molar-refractivity contribution in [1.82, 2.24) is 14.8 Å². The van der Waals surface area contributed by atoms with E-state index in [9.17, 15) is 24.3 Å². The summed E-state index contributed by atoms with van der Waals surface area (Å²) in [5.74, 6) is -3.03. The molecule has 38 heavy (non-hydrogen) atoms. The number of carbonyl (C=O) groups is 4. The zero-order valence-corrected chi connectivity index (χ0v) is 22.7. The van der Waals surface area contributed by atoms with E-state index in [1.807, 2.05) is 0 Å². The van der Waals surface area contributed by atoms with Gasteiger partial charge in [-0.15, -0.1) is 0 Å². The molecular formula is C28H35N3O7. The average Bonchev–Trinajstić information content (AvgIpc) is 3.36. The van der Waals surface area contributed by atoms with Crippen LogP contribution in [0.1, 0.15) is 69.5 Å². The number of ether oxygens (including phenoxy) is 2. The highest BCUT2D eigenvalue weighted by Gasteiger charge is 2.46. The van der Waals surface area contributed by atoms with E-state index in [0.29, 0.717) is 35.3 Å². The van der Waals surface area contributed by atoms with E-state index in [1.54, 1.807) is 38.1 Å². The highest BCUT2D eigenvalue weighted by molar-refractivity contribution is 6.46. The Balaban J connectivity index is 2.14. The Morgan fingerprint density at radius 1 is 1.03 bits per heavy atom. The lowest BCUT2D eigenvalue weighted by Crippen LogP contribution is -2.33. The van der Waals surface area contributed by atoms with Crippen molar-refractivity contribution < 1.29 is 33.8 Å². The predicted octanol–water partition coefficient (Wildman–Crippen LogP) is 3.36. The van der Waals surface area contributed by atoms with Gasteiger partial charge < -0.3 is 29.4 Å². The molecule has 10 heteroatoms. The maximum Gasteiger partial charge on any atom is 0.354 e. The molecule has 1 aromatic carbocycles. The van der Waals surface area contributed by atoms with Crippen LogP contribution >= 0.6 is 0 Å². The van der Waals surface area contributed by atoms with Gasteiger partial charge in [0, 0.05) is 17.8 Å². The quantitative estimate of drug-likeness (QED) is 0.209. The van der Waals surface area contributed by atoms with E-state index in [-0.39, 0.29) is 22.6 Å². The normalized spacial score (nSPS) is 16.8. The molecular weight excluding hydrogens is 490 g/mol. The van der Waals surface area contributed by atoms with Gasteiger partial charge in [0.2, 0.25) is 0 Å². The Kier molecular flexibility index (Phi) is 9.11. The molecule has 1 aliphatic rings. The number of likely N-dealkylation sites (tertiary alicyclic amines) is 1. The summed E-state index contributed by atoms with van der Waals surface area (Å²) in [6.07, 6.45) is 0.625. The van der Waals surface area contributed by atoms with Gasteiger partial charge in [-0.2, -0.15) is 0 Å². The monoisotopic (exact) mass is 525 g/mol. The van der Waals surface area contributed by atoms with E-state index < -0.39 is 29.7 Å². The number of rotatable bonds is 10. The molecule has 0 radical (unpaired) electrons. The second-order valence-corrected chi connectivity index (χ2v) is 9.10. The van der Waals surface area contributed by atoms with Crippen molar-refractivity contribution in [2.45, 2.75) is 40.2 Å². The van der Waals surface area contributed by atoms with Crippen molar-refractivity contribution in [3.05, 3.63) is 63.5 Å². The Hall–Kier alpha value is -3.92. The largest absolute Gasteiger partial charge is 0.507 e. The molecule has 204 valence electrons. The highest BCUT2D eigenvalue weighted by atomic mass is 16.5. The summed E-state index contributed by atoms with van der Waals surface area (Å²) < 4.78 is 9.59. The molecule has 1 saturated heterocycles. The smallest absolute Gasteiger partial charge is 0.354 e. The number of aromatic amines is 1. The van der Waals surface area contributed by atoms with Gasteiger partial charge in [-0.1, -0.05) is 26.0 Å². The number of nitrogens with zero attached hydrogens (tertiary/aromatic N) is 2.